The minimum Gasteiger partial charge on any atom is -0.379 e. The summed E-state index contributed by atoms with van der Waals surface area (Å²) in [5, 5.41) is 0. The van der Waals surface area contributed by atoms with Gasteiger partial charge < -0.3 is 9.30 Å². The van der Waals surface area contributed by atoms with Crippen LogP contribution in [0.1, 0.15) is 6.17 Å². The number of imidazole rings is 1. The van der Waals surface area contributed by atoms with Gasteiger partial charge in [0.25, 0.3) is 0 Å². The molecule has 1 aromatic rings. The minimum atomic E-state index is -0.235. The SMILES string of the molecule is O=CC(N1CCOCC1)n1ccnc1. The van der Waals surface area contributed by atoms with Crippen LogP contribution >= 0.6 is 0 Å². The maximum absolute atomic E-state index is 11.0. The summed E-state index contributed by atoms with van der Waals surface area (Å²) >= 11 is 0. The van der Waals surface area contributed by atoms with E-state index in [9.17, 15) is 4.79 Å². The molecule has 0 aliphatic carbocycles. The summed E-state index contributed by atoms with van der Waals surface area (Å²) in [5.74, 6) is 0. The molecule has 1 unspecified atom stereocenters. The van der Waals surface area contributed by atoms with Gasteiger partial charge in [-0.1, -0.05) is 0 Å². The molecule has 0 radical (unpaired) electrons. The van der Waals surface area contributed by atoms with Gasteiger partial charge in [-0.25, -0.2) is 4.98 Å². The molecule has 0 N–H and O–H groups in total. The highest BCUT2D eigenvalue weighted by molar-refractivity contribution is 5.55. The number of hydrogen-bond acceptors (Lipinski definition) is 4. The van der Waals surface area contributed by atoms with Gasteiger partial charge in [0.05, 0.1) is 19.5 Å². The zero-order valence-corrected chi connectivity index (χ0v) is 7.87. The van der Waals surface area contributed by atoms with Crippen LogP contribution in [0.4, 0.5) is 0 Å². The molecule has 1 atom stereocenters. The van der Waals surface area contributed by atoms with E-state index in [1.807, 2.05) is 0 Å². The first-order valence-corrected chi connectivity index (χ1v) is 4.66. The molecular weight excluding hydrogens is 182 g/mol. The van der Waals surface area contributed by atoms with E-state index in [2.05, 4.69) is 9.88 Å². The van der Waals surface area contributed by atoms with Gasteiger partial charge >= 0.3 is 0 Å². The van der Waals surface area contributed by atoms with E-state index in [1.54, 1.807) is 23.3 Å². The summed E-state index contributed by atoms with van der Waals surface area (Å²) in [6.07, 6.45) is 5.84. The summed E-state index contributed by atoms with van der Waals surface area (Å²) in [5.41, 5.74) is 0. The van der Waals surface area contributed by atoms with Gasteiger partial charge in [0.1, 0.15) is 6.17 Å². The van der Waals surface area contributed by atoms with Crippen molar-refractivity contribution in [1.29, 1.82) is 0 Å². The van der Waals surface area contributed by atoms with Gasteiger partial charge in [-0.05, 0) is 0 Å². The fraction of sp³-hybridized carbons (Fsp3) is 0.556. The maximum Gasteiger partial charge on any atom is 0.157 e. The lowest BCUT2D eigenvalue weighted by atomic mass is 10.3. The van der Waals surface area contributed by atoms with E-state index >= 15 is 0 Å². The second kappa shape index (κ2) is 4.34. The Balaban J connectivity index is 2.08. The molecule has 1 aliphatic rings. The molecule has 76 valence electrons. The smallest absolute Gasteiger partial charge is 0.157 e. The number of morpholine rings is 1. The van der Waals surface area contributed by atoms with Crippen molar-refractivity contribution in [2.24, 2.45) is 0 Å². The zero-order chi connectivity index (χ0) is 9.80. The van der Waals surface area contributed by atoms with Crippen molar-refractivity contribution in [3.8, 4) is 0 Å². The fourth-order valence-electron chi connectivity index (χ4n) is 1.61. The Morgan fingerprint density at radius 2 is 2.21 bits per heavy atom. The van der Waals surface area contributed by atoms with Crippen molar-refractivity contribution in [2.75, 3.05) is 26.3 Å². The lowest BCUT2D eigenvalue weighted by Gasteiger charge is -2.31. The van der Waals surface area contributed by atoms with Crippen LogP contribution in [-0.2, 0) is 9.53 Å². The number of rotatable bonds is 3. The highest BCUT2D eigenvalue weighted by Gasteiger charge is 2.20. The molecule has 2 heterocycles. The summed E-state index contributed by atoms with van der Waals surface area (Å²) in [4.78, 5) is 17.0. The quantitative estimate of drug-likeness (QED) is 0.632. The first-order valence-electron chi connectivity index (χ1n) is 4.66. The minimum absolute atomic E-state index is 0.235. The third kappa shape index (κ3) is 1.83. The van der Waals surface area contributed by atoms with E-state index in [1.165, 1.54) is 0 Å². The number of carbonyl (C=O) groups excluding carboxylic acids is 1. The van der Waals surface area contributed by atoms with E-state index in [4.69, 9.17) is 4.74 Å². The highest BCUT2D eigenvalue weighted by atomic mass is 16.5. The summed E-state index contributed by atoms with van der Waals surface area (Å²) in [6, 6.07) is 0. The molecule has 0 aromatic carbocycles. The number of carbonyl (C=O) groups is 1. The Bertz CT molecular complexity index is 280. The molecule has 1 aliphatic heterocycles. The van der Waals surface area contributed by atoms with Crippen molar-refractivity contribution in [3.05, 3.63) is 18.7 Å². The Kier molecular flexibility index (Phi) is 2.90. The summed E-state index contributed by atoms with van der Waals surface area (Å²) < 4.78 is 7.03. The van der Waals surface area contributed by atoms with Crippen molar-refractivity contribution >= 4 is 6.29 Å². The Labute approximate surface area is 82.3 Å². The predicted molar refractivity (Wildman–Crippen MR) is 49.7 cm³/mol. The number of ether oxygens (including phenoxy) is 1. The first kappa shape index (κ1) is 9.36. The second-order valence-electron chi connectivity index (χ2n) is 3.21. The Morgan fingerprint density at radius 1 is 1.43 bits per heavy atom. The van der Waals surface area contributed by atoms with Crippen molar-refractivity contribution < 1.29 is 9.53 Å². The predicted octanol–water partition coefficient (Wildman–Crippen LogP) is -0.0872. The Hall–Kier alpha value is -1.20. The number of nitrogens with zero attached hydrogens (tertiary/aromatic N) is 3. The van der Waals surface area contributed by atoms with Crippen molar-refractivity contribution in [3.63, 3.8) is 0 Å². The molecule has 2 rings (SSSR count). The summed E-state index contributed by atoms with van der Waals surface area (Å²) in [7, 11) is 0. The molecule has 0 spiro atoms. The maximum atomic E-state index is 11.0. The van der Waals surface area contributed by atoms with E-state index in [0.717, 1.165) is 19.4 Å². The van der Waals surface area contributed by atoms with Gasteiger partial charge in [-0.2, -0.15) is 0 Å². The molecule has 1 fully saturated rings. The van der Waals surface area contributed by atoms with Crippen LogP contribution in [0.2, 0.25) is 0 Å². The van der Waals surface area contributed by atoms with E-state index in [0.29, 0.717) is 13.2 Å². The van der Waals surface area contributed by atoms with Gasteiger partial charge in [-0.15, -0.1) is 0 Å². The highest BCUT2D eigenvalue weighted by Crippen LogP contribution is 2.11. The average Bonchev–Trinajstić information content (AvgIpc) is 2.74. The fourth-order valence-corrected chi connectivity index (χ4v) is 1.61. The van der Waals surface area contributed by atoms with Crippen LogP contribution in [0.15, 0.2) is 18.7 Å². The lowest BCUT2D eigenvalue weighted by molar-refractivity contribution is -0.117. The lowest BCUT2D eigenvalue weighted by Crippen LogP contribution is -2.41. The molecule has 0 bridgehead atoms. The van der Waals surface area contributed by atoms with Gasteiger partial charge in [0.15, 0.2) is 6.29 Å². The molecular formula is C9H13N3O2. The second-order valence-corrected chi connectivity index (χ2v) is 3.21. The monoisotopic (exact) mass is 195 g/mol. The summed E-state index contributed by atoms with van der Waals surface area (Å²) in [6.45, 7) is 2.97. The molecule has 5 heteroatoms. The molecule has 0 amide bonds. The van der Waals surface area contributed by atoms with Gasteiger partial charge in [-0.3, -0.25) is 9.69 Å². The standard InChI is InChI=1S/C9H13N3O2/c13-7-9(12-2-1-10-8-12)11-3-5-14-6-4-11/h1-2,7-9H,3-6H2. The average molecular weight is 195 g/mol. The number of aromatic nitrogens is 2. The normalized spacial score (nSPS) is 20.6. The number of hydrogen-bond donors (Lipinski definition) is 0. The first-order chi connectivity index (χ1) is 6.92. The van der Waals surface area contributed by atoms with Crippen molar-refractivity contribution in [2.45, 2.75) is 6.17 Å². The zero-order valence-electron chi connectivity index (χ0n) is 7.87. The molecule has 0 saturated carbocycles. The third-order valence-electron chi connectivity index (χ3n) is 2.37. The van der Waals surface area contributed by atoms with Crippen molar-refractivity contribution in [1.82, 2.24) is 14.5 Å². The molecule has 14 heavy (non-hydrogen) atoms. The Morgan fingerprint density at radius 3 is 2.79 bits per heavy atom. The van der Waals surface area contributed by atoms with Crippen LogP contribution in [0.5, 0.6) is 0 Å². The molecule has 1 aromatic heterocycles. The van der Waals surface area contributed by atoms with E-state index in [-0.39, 0.29) is 6.17 Å². The number of aldehydes is 1. The van der Waals surface area contributed by atoms with Crippen LogP contribution in [0, 0.1) is 0 Å². The molecule has 1 saturated heterocycles. The topological polar surface area (TPSA) is 47.4 Å². The van der Waals surface area contributed by atoms with Crippen LogP contribution < -0.4 is 0 Å². The van der Waals surface area contributed by atoms with Crippen LogP contribution in [-0.4, -0.2) is 47.0 Å². The third-order valence-corrected chi connectivity index (χ3v) is 2.37. The van der Waals surface area contributed by atoms with E-state index < -0.39 is 0 Å². The largest absolute Gasteiger partial charge is 0.379 e. The van der Waals surface area contributed by atoms with Gasteiger partial charge in [0, 0.05) is 25.5 Å². The van der Waals surface area contributed by atoms with Gasteiger partial charge in [0.2, 0.25) is 0 Å². The molecule has 5 nitrogen and oxygen atoms in total. The van der Waals surface area contributed by atoms with Crippen LogP contribution in [0.3, 0.4) is 0 Å². The van der Waals surface area contributed by atoms with Crippen LogP contribution in [0.25, 0.3) is 0 Å².